The predicted octanol–water partition coefficient (Wildman–Crippen LogP) is 2.05. The van der Waals surface area contributed by atoms with E-state index in [4.69, 9.17) is 16.3 Å². The second-order valence-corrected chi connectivity index (χ2v) is 4.64. The lowest BCUT2D eigenvalue weighted by atomic mass is 10.2. The number of ether oxygens (including phenoxy) is 1. The topological polar surface area (TPSA) is 38.2 Å². The Morgan fingerprint density at radius 3 is 2.50 bits per heavy atom. The minimum absolute atomic E-state index is 0.220. The zero-order chi connectivity index (χ0) is 11.7. The van der Waals surface area contributed by atoms with E-state index < -0.39 is 0 Å². The van der Waals surface area contributed by atoms with Crippen LogP contribution in [0, 0.1) is 6.92 Å². The first-order valence-electron chi connectivity index (χ1n) is 5.46. The summed E-state index contributed by atoms with van der Waals surface area (Å²) in [5.74, 6) is 0.888. The molecule has 5 heteroatoms. The lowest BCUT2D eigenvalue weighted by Crippen LogP contribution is -2.45. The van der Waals surface area contributed by atoms with Gasteiger partial charge in [0.1, 0.15) is 5.82 Å². The minimum Gasteiger partial charge on any atom is -0.372 e. The zero-order valence-corrected chi connectivity index (χ0v) is 10.5. The Bertz CT molecular complexity index is 355. The van der Waals surface area contributed by atoms with Gasteiger partial charge in [0.2, 0.25) is 5.28 Å². The largest absolute Gasteiger partial charge is 0.372 e. The summed E-state index contributed by atoms with van der Waals surface area (Å²) in [7, 11) is 0. The number of hydrogen-bond donors (Lipinski definition) is 0. The van der Waals surface area contributed by atoms with E-state index in [0.717, 1.165) is 24.6 Å². The van der Waals surface area contributed by atoms with Gasteiger partial charge in [-0.3, -0.25) is 0 Å². The Balaban J connectivity index is 2.22. The second-order valence-electron chi connectivity index (χ2n) is 4.30. The minimum atomic E-state index is 0.220. The van der Waals surface area contributed by atoms with Gasteiger partial charge < -0.3 is 9.64 Å². The fraction of sp³-hybridized carbons (Fsp3) is 0.636. The molecule has 0 N–H and O–H groups in total. The van der Waals surface area contributed by atoms with Gasteiger partial charge in [0, 0.05) is 24.8 Å². The smallest absolute Gasteiger partial charge is 0.224 e. The molecule has 0 saturated carbocycles. The summed E-state index contributed by atoms with van der Waals surface area (Å²) in [6, 6.07) is 1.96. The Hall–Kier alpha value is -0.870. The number of aromatic nitrogens is 2. The predicted molar refractivity (Wildman–Crippen MR) is 64.0 cm³/mol. The van der Waals surface area contributed by atoms with Gasteiger partial charge in [-0.2, -0.15) is 0 Å². The van der Waals surface area contributed by atoms with Crippen LogP contribution in [0.2, 0.25) is 5.28 Å². The Morgan fingerprint density at radius 1 is 1.31 bits per heavy atom. The number of nitrogens with zero attached hydrogens (tertiary/aromatic N) is 3. The fourth-order valence-corrected chi connectivity index (χ4v) is 2.26. The number of aryl methyl sites for hydroxylation is 1. The van der Waals surface area contributed by atoms with Gasteiger partial charge in [-0.05, 0) is 32.4 Å². The van der Waals surface area contributed by atoms with Crippen LogP contribution in [-0.2, 0) is 4.74 Å². The van der Waals surface area contributed by atoms with E-state index in [1.54, 1.807) is 0 Å². The number of morpholine rings is 1. The Labute approximate surface area is 101 Å². The Kier molecular flexibility index (Phi) is 3.30. The van der Waals surface area contributed by atoms with Gasteiger partial charge in [0.05, 0.1) is 12.2 Å². The molecule has 2 heterocycles. The molecular formula is C11H16ClN3O. The molecule has 0 aromatic carbocycles. The van der Waals surface area contributed by atoms with Gasteiger partial charge in [0.25, 0.3) is 0 Å². The van der Waals surface area contributed by atoms with Crippen molar-refractivity contribution in [2.24, 2.45) is 0 Å². The van der Waals surface area contributed by atoms with Crippen LogP contribution in [0.3, 0.4) is 0 Å². The average molecular weight is 242 g/mol. The molecule has 0 radical (unpaired) electrons. The maximum Gasteiger partial charge on any atom is 0.224 e. The van der Waals surface area contributed by atoms with Crippen molar-refractivity contribution in [2.75, 3.05) is 18.0 Å². The maximum absolute atomic E-state index is 5.86. The highest BCUT2D eigenvalue weighted by atomic mass is 35.5. The average Bonchev–Trinajstić information content (AvgIpc) is 2.14. The van der Waals surface area contributed by atoms with Crippen molar-refractivity contribution >= 4 is 17.4 Å². The van der Waals surface area contributed by atoms with Crippen LogP contribution >= 0.6 is 11.6 Å². The van der Waals surface area contributed by atoms with Crippen molar-refractivity contribution in [2.45, 2.75) is 33.0 Å². The molecule has 1 aromatic rings. The van der Waals surface area contributed by atoms with Gasteiger partial charge in [-0.25, -0.2) is 9.97 Å². The second kappa shape index (κ2) is 4.55. The van der Waals surface area contributed by atoms with E-state index in [1.165, 1.54) is 0 Å². The molecule has 0 amide bonds. The van der Waals surface area contributed by atoms with E-state index in [1.807, 2.05) is 13.0 Å². The molecule has 1 aromatic heterocycles. The lowest BCUT2D eigenvalue weighted by molar-refractivity contribution is -0.00547. The molecule has 88 valence electrons. The van der Waals surface area contributed by atoms with Crippen LogP contribution < -0.4 is 4.90 Å². The molecular weight excluding hydrogens is 226 g/mol. The number of halogens is 1. The fourth-order valence-electron chi connectivity index (χ4n) is 2.04. The summed E-state index contributed by atoms with van der Waals surface area (Å²) in [5.41, 5.74) is 0.891. The quantitative estimate of drug-likeness (QED) is 0.706. The normalized spacial score (nSPS) is 25.9. The molecule has 0 bridgehead atoms. The summed E-state index contributed by atoms with van der Waals surface area (Å²) in [4.78, 5) is 10.5. The third kappa shape index (κ3) is 2.62. The van der Waals surface area contributed by atoms with Crippen LogP contribution in [-0.4, -0.2) is 35.3 Å². The van der Waals surface area contributed by atoms with Crippen LogP contribution in [0.25, 0.3) is 0 Å². The van der Waals surface area contributed by atoms with Gasteiger partial charge >= 0.3 is 0 Å². The van der Waals surface area contributed by atoms with Gasteiger partial charge in [-0.1, -0.05) is 0 Å². The highest BCUT2D eigenvalue weighted by molar-refractivity contribution is 6.28. The SMILES string of the molecule is Cc1cc(N2C[C@@H](C)O[C@@H](C)C2)nc(Cl)n1. The monoisotopic (exact) mass is 241 g/mol. The Morgan fingerprint density at radius 2 is 1.94 bits per heavy atom. The van der Waals surface area contributed by atoms with Gasteiger partial charge in [-0.15, -0.1) is 0 Å². The first-order chi connectivity index (χ1) is 7.54. The van der Waals surface area contributed by atoms with Crippen molar-refractivity contribution in [3.8, 4) is 0 Å². The highest BCUT2D eigenvalue weighted by Gasteiger charge is 2.23. The van der Waals surface area contributed by atoms with Crippen molar-refractivity contribution in [1.29, 1.82) is 0 Å². The van der Waals surface area contributed by atoms with Gasteiger partial charge in [0.15, 0.2) is 0 Å². The summed E-state index contributed by atoms with van der Waals surface area (Å²) in [6.45, 7) is 7.75. The summed E-state index contributed by atoms with van der Waals surface area (Å²) < 4.78 is 5.68. The van der Waals surface area contributed by atoms with Crippen molar-refractivity contribution in [1.82, 2.24) is 9.97 Å². The van der Waals surface area contributed by atoms with Crippen LogP contribution in [0.15, 0.2) is 6.07 Å². The standard InChI is InChI=1S/C11H16ClN3O/c1-7-4-10(14-11(12)13-7)15-5-8(2)16-9(3)6-15/h4,8-9H,5-6H2,1-3H3/t8-,9+. The molecule has 1 fully saturated rings. The van der Waals surface area contributed by atoms with Crippen LogP contribution in [0.4, 0.5) is 5.82 Å². The molecule has 1 aliphatic rings. The molecule has 16 heavy (non-hydrogen) atoms. The van der Waals surface area contributed by atoms with E-state index in [0.29, 0.717) is 5.28 Å². The van der Waals surface area contributed by atoms with E-state index in [2.05, 4.69) is 28.7 Å². The molecule has 0 spiro atoms. The maximum atomic E-state index is 5.86. The first kappa shape index (κ1) is 11.6. The highest BCUT2D eigenvalue weighted by Crippen LogP contribution is 2.20. The van der Waals surface area contributed by atoms with E-state index in [-0.39, 0.29) is 12.2 Å². The molecule has 2 rings (SSSR count). The van der Waals surface area contributed by atoms with Crippen molar-refractivity contribution < 1.29 is 4.74 Å². The third-order valence-corrected chi connectivity index (χ3v) is 2.73. The van der Waals surface area contributed by atoms with Crippen molar-refractivity contribution in [3.63, 3.8) is 0 Å². The van der Waals surface area contributed by atoms with Crippen LogP contribution in [0.5, 0.6) is 0 Å². The van der Waals surface area contributed by atoms with Crippen LogP contribution in [0.1, 0.15) is 19.5 Å². The summed E-state index contributed by atoms with van der Waals surface area (Å²) in [6.07, 6.45) is 0.440. The summed E-state index contributed by atoms with van der Waals surface area (Å²) in [5, 5.41) is 0.307. The zero-order valence-electron chi connectivity index (χ0n) is 9.77. The summed E-state index contributed by atoms with van der Waals surface area (Å²) >= 11 is 5.86. The molecule has 2 atom stereocenters. The number of anilines is 1. The lowest BCUT2D eigenvalue weighted by Gasteiger charge is -2.36. The van der Waals surface area contributed by atoms with E-state index >= 15 is 0 Å². The van der Waals surface area contributed by atoms with Crippen molar-refractivity contribution in [3.05, 3.63) is 17.0 Å². The number of rotatable bonds is 1. The molecule has 0 unspecified atom stereocenters. The van der Waals surface area contributed by atoms with E-state index in [9.17, 15) is 0 Å². The molecule has 1 aliphatic heterocycles. The number of hydrogen-bond acceptors (Lipinski definition) is 4. The third-order valence-electron chi connectivity index (χ3n) is 2.56. The first-order valence-corrected chi connectivity index (χ1v) is 5.84. The molecule has 0 aliphatic carbocycles. The molecule has 4 nitrogen and oxygen atoms in total. The molecule has 1 saturated heterocycles.